The van der Waals surface area contributed by atoms with Crippen LogP contribution in [-0.4, -0.2) is 35.8 Å². The lowest BCUT2D eigenvalue weighted by Crippen LogP contribution is -2.22. The number of carbonyl (C=O) groups is 1. The van der Waals surface area contributed by atoms with E-state index in [1.165, 1.54) is 26.6 Å². The number of ether oxygens (including phenoxy) is 1. The van der Waals surface area contributed by atoms with Crippen LogP contribution in [0.2, 0.25) is 5.02 Å². The average Bonchev–Trinajstić information content (AvgIpc) is 3.19. The van der Waals surface area contributed by atoms with Gasteiger partial charge in [0.2, 0.25) is 5.88 Å². The number of nitrogens with one attached hydrogen (secondary N) is 1. The first-order valence-electron chi connectivity index (χ1n) is 9.87. The zero-order valence-corrected chi connectivity index (χ0v) is 19.2. The molecule has 0 radical (unpaired) electrons. The van der Waals surface area contributed by atoms with Crippen molar-refractivity contribution in [3.05, 3.63) is 64.3 Å². The summed E-state index contributed by atoms with van der Waals surface area (Å²) in [7, 11) is -3.12. The summed E-state index contributed by atoms with van der Waals surface area (Å²) < 4.78 is 64.7. The van der Waals surface area contributed by atoms with Crippen molar-refractivity contribution in [1.29, 1.82) is 0 Å². The molecule has 0 aliphatic carbocycles. The SMILES string of the molecule is COc1ncc(Cl)cc1S(=O)(=O)Nc1ccc(F)c([C@@H]2CCc3c(C(C)=O)ncn3C2)c1F. The second-order valence-corrected chi connectivity index (χ2v) is 9.66. The Morgan fingerprint density at radius 1 is 1.30 bits per heavy atom. The molecule has 1 N–H and O–H groups in total. The minimum Gasteiger partial charge on any atom is -0.480 e. The molecule has 8 nitrogen and oxygen atoms in total. The molecule has 0 saturated heterocycles. The molecule has 0 fully saturated rings. The standard InChI is InChI=1S/C21H19ClF2N4O4S/c1-11(29)20-16-6-3-12(9-28(16)10-26-20)18-14(23)4-5-15(19(18)24)27-33(30,31)17-7-13(22)8-25-21(17)32-2/h4-5,7-8,10,12,27H,3,6,9H2,1-2H3/t12-/m1/s1. The first-order chi connectivity index (χ1) is 15.6. The summed E-state index contributed by atoms with van der Waals surface area (Å²) in [5.41, 5.74) is 0.404. The van der Waals surface area contributed by atoms with Crippen LogP contribution in [-0.2, 0) is 23.0 Å². The topological polar surface area (TPSA) is 103 Å². The van der Waals surface area contributed by atoms with Crippen molar-refractivity contribution in [2.24, 2.45) is 0 Å². The van der Waals surface area contributed by atoms with Crippen LogP contribution in [0.15, 0.2) is 35.6 Å². The highest BCUT2D eigenvalue weighted by molar-refractivity contribution is 7.92. The number of ketones is 1. The summed E-state index contributed by atoms with van der Waals surface area (Å²) in [4.78, 5) is 19.2. The maximum atomic E-state index is 15.4. The van der Waals surface area contributed by atoms with Crippen LogP contribution in [0.1, 0.15) is 41.0 Å². The Balaban J connectivity index is 1.68. The molecule has 0 amide bonds. The smallest absolute Gasteiger partial charge is 0.267 e. The number of hydrogen-bond acceptors (Lipinski definition) is 6. The van der Waals surface area contributed by atoms with Gasteiger partial charge >= 0.3 is 0 Å². The van der Waals surface area contributed by atoms with Gasteiger partial charge in [-0.15, -0.1) is 0 Å². The van der Waals surface area contributed by atoms with Crippen molar-refractivity contribution in [1.82, 2.24) is 14.5 Å². The Hall–Kier alpha value is -3.05. The highest BCUT2D eigenvalue weighted by Crippen LogP contribution is 2.36. The summed E-state index contributed by atoms with van der Waals surface area (Å²) in [5.74, 6) is -2.80. The molecule has 3 aromatic rings. The second kappa shape index (κ2) is 8.71. The Bertz CT molecular complexity index is 1360. The number of fused-ring (bicyclic) bond motifs is 1. The molecule has 1 aliphatic heterocycles. The predicted octanol–water partition coefficient (Wildman–Crippen LogP) is 3.95. The zero-order chi connectivity index (χ0) is 23.9. The number of aromatic nitrogens is 3. The molecule has 174 valence electrons. The minimum absolute atomic E-state index is 0.0414. The number of anilines is 1. The van der Waals surface area contributed by atoms with E-state index < -0.39 is 33.3 Å². The third-order valence-corrected chi connectivity index (χ3v) is 7.04. The van der Waals surface area contributed by atoms with E-state index in [0.29, 0.717) is 18.5 Å². The first kappa shape index (κ1) is 23.1. The van der Waals surface area contributed by atoms with E-state index in [4.69, 9.17) is 16.3 Å². The van der Waals surface area contributed by atoms with Gasteiger partial charge in [-0.3, -0.25) is 9.52 Å². The average molecular weight is 497 g/mol. The number of sulfonamides is 1. The number of benzene rings is 1. The van der Waals surface area contributed by atoms with Gasteiger partial charge in [0, 0.05) is 36.8 Å². The number of hydrogen-bond donors (Lipinski definition) is 1. The number of methoxy groups -OCH3 is 1. The normalized spacial score (nSPS) is 15.7. The largest absolute Gasteiger partial charge is 0.480 e. The molecular formula is C21H19ClF2N4O4S. The molecule has 3 heterocycles. The van der Waals surface area contributed by atoms with Crippen LogP contribution in [0.25, 0.3) is 0 Å². The van der Waals surface area contributed by atoms with Crippen molar-refractivity contribution in [3.8, 4) is 5.88 Å². The number of carbonyl (C=O) groups excluding carboxylic acids is 1. The van der Waals surface area contributed by atoms with E-state index in [2.05, 4.69) is 14.7 Å². The Morgan fingerprint density at radius 3 is 2.76 bits per heavy atom. The van der Waals surface area contributed by atoms with E-state index >= 15 is 4.39 Å². The molecule has 4 rings (SSSR count). The highest BCUT2D eigenvalue weighted by atomic mass is 35.5. The third-order valence-electron chi connectivity index (χ3n) is 5.47. The molecule has 2 aromatic heterocycles. The van der Waals surface area contributed by atoms with Crippen LogP contribution in [0.5, 0.6) is 5.88 Å². The Kier molecular flexibility index (Phi) is 6.10. The molecule has 33 heavy (non-hydrogen) atoms. The summed E-state index contributed by atoms with van der Waals surface area (Å²) in [6.07, 6.45) is 3.45. The van der Waals surface area contributed by atoms with Gasteiger partial charge in [0.15, 0.2) is 16.5 Å². The second-order valence-electron chi connectivity index (χ2n) is 7.57. The van der Waals surface area contributed by atoms with Gasteiger partial charge in [-0.05, 0) is 31.0 Å². The number of halogens is 3. The van der Waals surface area contributed by atoms with Gasteiger partial charge in [0.05, 0.1) is 24.1 Å². The lowest BCUT2D eigenvalue weighted by atomic mass is 9.89. The third kappa shape index (κ3) is 4.30. The van der Waals surface area contributed by atoms with Crippen molar-refractivity contribution in [2.75, 3.05) is 11.8 Å². The Labute approximate surface area is 193 Å². The number of imidazole rings is 1. The van der Waals surface area contributed by atoms with Crippen molar-refractivity contribution < 1.29 is 26.7 Å². The molecule has 12 heteroatoms. The summed E-state index contributed by atoms with van der Waals surface area (Å²) >= 11 is 5.86. The van der Waals surface area contributed by atoms with Crippen LogP contribution >= 0.6 is 11.6 Å². The predicted molar refractivity (Wildman–Crippen MR) is 116 cm³/mol. The van der Waals surface area contributed by atoms with Crippen molar-refractivity contribution in [3.63, 3.8) is 0 Å². The van der Waals surface area contributed by atoms with Crippen molar-refractivity contribution >= 4 is 33.1 Å². The monoisotopic (exact) mass is 496 g/mol. The van der Waals surface area contributed by atoms with Gasteiger partial charge in [0.1, 0.15) is 11.5 Å². The van der Waals surface area contributed by atoms with Gasteiger partial charge in [-0.1, -0.05) is 11.6 Å². The van der Waals surface area contributed by atoms with E-state index in [0.717, 1.165) is 23.9 Å². The lowest BCUT2D eigenvalue weighted by Gasteiger charge is -2.26. The van der Waals surface area contributed by atoms with E-state index in [9.17, 15) is 17.6 Å². The first-order valence-corrected chi connectivity index (χ1v) is 11.7. The van der Waals surface area contributed by atoms with E-state index in [-0.39, 0.29) is 33.7 Å². The number of Topliss-reactive ketones (excluding diaryl/α,β-unsaturated/α-hetero) is 1. The van der Waals surface area contributed by atoms with E-state index in [1.807, 2.05) is 0 Å². The highest BCUT2D eigenvalue weighted by Gasteiger charge is 2.30. The summed E-state index contributed by atoms with van der Waals surface area (Å²) in [6.45, 7) is 1.61. The lowest BCUT2D eigenvalue weighted by molar-refractivity contribution is 0.101. The molecule has 1 aliphatic rings. The van der Waals surface area contributed by atoms with Crippen LogP contribution < -0.4 is 9.46 Å². The van der Waals surface area contributed by atoms with Gasteiger partial charge < -0.3 is 9.30 Å². The molecule has 0 bridgehead atoms. The van der Waals surface area contributed by atoms with Gasteiger partial charge in [-0.2, -0.15) is 0 Å². The maximum absolute atomic E-state index is 15.4. The summed E-state index contributed by atoms with van der Waals surface area (Å²) in [5, 5.41) is 0.0414. The molecular weight excluding hydrogens is 478 g/mol. The molecule has 1 aromatic carbocycles. The van der Waals surface area contributed by atoms with Crippen LogP contribution in [0.4, 0.5) is 14.5 Å². The van der Waals surface area contributed by atoms with E-state index in [1.54, 1.807) is 4.57 Å². The van der Waals surface area contributed by atoms with Crippen LogP contribution in [0, 0.1) is 11.6 Å². The number of rotatable bonds is 6. The minimum atomic E-state index is -4.35. The number of pyridine rings is 1. The quantitative estimate of drug-likeness (QED) is 0.518. The Morgan fingerprint density at radius 2 is 2.06 bits per heavy atom. The summed E-state index contributed by atoms with van der Waals surface area (Å²) in [6, 6.07) is 3.13. The van der Waals surface area contributed by atoms with Crippen molar-refractivity contribution in [2.45, 2.75) is 37.1 Å². The molecule has 1 atom stereocenters. The van der Waals surface area contributed by atoms with Crippen LogP contribution in [0.3, 0.4) is 0 Å². The molecule has 0 saturated carbocycles. The molecule has 0 unspecified atom stereocenters. The molecule has 0 spiro atoms. The van der Waals surface area contributed by atoms with Gasteiger partial charge in [0.25, 0.3) is 10.0 Å². The van der Waals surface area contributed by atoms with Gasteiger partial charge in [-0.25, -0.2) is 27.2 Å². The number of nitrogens with zero attached hydrogens (tertiary/aromatic N) is 3. The fourth-order valence-electron chi connectivity index (χ4n) is 3.97. The fraction of sp³-hybridized carbons (Fsp3) is 0.286. The zero-order valence-electron chi connectivity index (χ0n) is 17.6. The maximum Gasteiger partial charge on any atom is 0.267 e. The fourth-order valence-corrected chi connectivity index (χ4v) is 5.40.